The van der Waals surface area contributed by atoms with E-state index in [0.717, 1.165) is 18.5 Å². The van der Waals surface area contributed by atoms with E-state index in [9.17, 15) is 9.59 Å². The summed E-state index contributed by atoms with van der Waals surface area (Å²) in [6.07, 6.45) is 4.78. The second kappa shape index (κ2) is 8.16. The lowest BCUT2D eigenvalue weighted by molar-refractivity contribution is 0.0698. The number of benzene rings is 1. The third-order valence-corrected chi connectivity index (χ3v) is 5.72. The topological polar surface area (TPSA) is 67.2 Å². The van der Waals surface area contributed by atoms with Crippen molar-refractivity contribution in [1.29, 1.82) is 0 Å². The summed E-state index contributed by atoms with van der Waals surface area (Å²) in [5.74, 6) is -0.0929. The van der Waals surface area contributed by atoms with E-state index in [1.807, 2.05) is 33.9 Å². The van der Waals surface area contributed by atoms with Crippen LogP contribution in [0.2, 0.25) is 5.02 Å². The molecule has 2 aromatic heterocycles. The lowest BCUT2D eigenvalue weighted by Gasteiger charge is -2.32. The zero-order valence-corrected chi connectivity index (χ0v) is 16.6. The zero-order chi connectivity index (χ0) is 19.5. The zero-order valence-electron chi connectivity index (χ0n) is 15.0. The molecule has 0 unspecified atom stereocenters. The van der Waals surface area contributed by atoms with Gasteiger partial charge in [0.05, 0.1) is 17.4 Å². The van der Waals surface area contributed by atoms with Crippen LogP contribution in [0, 0.1) is 0 Å². The highest BCUT2D eigenvalue weighted by atomic mass is 35.5. The number of amides is 2. The van der Waals surface area contributed by atoms with Crippen molar-refractivity contribution in [2.45, 2.75) is 18.9 Å². The molecule has 0 saturated carbocycles. The van der Waals surface area contributed by atoms with Gasteiger partial charge in [0.25, 0.3) is 11.8 Å². The standard InChI is InChI=1S/C20H19ClN4O2S/c21-16-2-1-3-18(10-16)25-12-15(11-22-25)20(27)24-7-4-17(5-8-24)23-19(26)14-6-9-28-13-14/h1-3,6,9-13,17H,4-5,7-8H2,(H,23,26). The molecule has 3 aromatic rings. The van der Waals surface area contributed by atoms with Crippen LogP contribution < -0.4 is 5.32 Å². The van der Waals surface area contributed by atoms with E-state index in [2.05, 4.69) is 10.4 Å². The van der Waals surface area contributed by atoms with Crippen molar-refractivity contribution in [2.24, 2.45) is 0 Å². The van der Waals surface area contributed by atoms with Gasteiger partial charge in [-0.25, -0.2) is 4.68 Å². The van der Waals surface area contributed by atoms with Crippen molar-refractivity contribution in [3.05, 3.63) is 69.6 Å². The molecule has 1 aromatic carbocycles. The molecule has 0 atom stereocenters. The molecule has 8 heteroatoms. The van der Waals surface area contributed by atoms with E-state index in [1.54, 1.807) is 29.2 Å². The normalized spacial score (nSPS) is 14.8. The van der Waals surface area contributed by atoms with E-state index >= 15 is 0 Å². The summed E-state index contributed by atoms with van der Waals surface area (Å²) in [5, 5.41) is 11.7. The fourth-order valence-corrected chi connectivity index (χ4v) is 4.09. The molecule has 1 aliphatic heterocycles. The Balaban J connectivity index is 1.35. The average Bonchev–Trinajstić information content (AvgIpc) is 3.40. The van der Waals surface area contributed by atoms with Crippen LogP contribution in [0.5, 0.6) is 0 Å². The molecule has 0 aliphatic carbocycles. The summed E-state index contributed by atoms with van der Waals surface area (Å²) in [6, 6.07) is 9.22. The van der Waals surface area contributed by atoms with Gasteiger partial charge in [-0.05, 0) is 42.5 Å². The number of likely N-dealkylation sites (tertiary alicyclic amines) is 1. The van der Waals surface area contributed by atoms with Gasteiger partial charge in [-0.15, -0.1) is 0 Å². The van der Waals surface area contributed by atoms with E-state index in [4.69, 9.17) is 11.6 Å². The predicted molar refractivity (Wildman–Crippen MR) is 109 cm³/mol. The van der Waals surface area contributed by atoms with Gasteiger partial charge in [0, 0.05) is 41.3 Å². The number of carbonyl (C=O) groups is 2. The van der Waals surface area contributed by atoms with Crippen LogP contribution in [-0.4, -0.2) is 45.6 Å². The Bertz CT molecular complexity index is 978. The van der Waals surface area contributed by atoms with Crippen molar-refractivity contribution < 1.29 is 9.59 Å². The number of aromatic nitrogens is 2. The minimum atomic E-state index is -0.0474. The van der Waals surface area contributed by atoms with Gasteiger partial charge >= 0.3 is 0 Å². The van der Waals surface area contributed by atoms with Gasteiger partial charge in [-0.2, -0.15) is 16.4 Å². The molecule has 28 heavy (non-hydrogen) atoms. The highest BCUT2D eigenvalue weighted by Crippen LogP contribution is 2.18. The molecule has 144 valence electrons. The largest absolute Gasteiger partial charge is 0.349 e. The van der Waals surface area contributed by atoms with Crippen molar-refractivity contribution >= 4 is 34.8 Å². The summed E-state index contributed by atoms with van der Waals surface area (Å²) in [5.41, 5.74) is 2.04. The first-order valence-corrected chi connectivity index (χ1v) is 10.4. The third kappa shape index (κ3) is 4.10. The molecule has 1 fully saturated rings. The van der Waals surface area contributed by atoms with E-state index in [-0.39, 0.29) is 17.9 Å². The summed E-state index contributed by atoms with van der Waals surface area (Å²) in [7, 11) is 0. The quantitative estimate of drug-likeness (QED) is 0.709. The van der Waals surface area contributed by atoms with E-state index < -0.39 is 0 Å². The number of nitrogens with zero attached hydrogens (tertiary/aromatic N) is 3. The third-order valence-electron chi connectivity index (χ3n) is 4.80. The number of hydrogen-bond donors (Lipinski definition) is 1. The van der Waals surface area contributed by atoms with Gasteiger partial charge in [0.1, 0.15) is 0 Å². The number of rotatable bonds is 4. The monoisotopic (exact) mass is 414 g/mol. The number of thiophene rings is 1. The Morgan fingerprint density at radius 1 is 1.18 bits per heavy atom. The first-order chi connectivity index (χ1) is 13.6. The first-order valence-electron chi connectivity index (χ1n) is 9.03. The predicted octanol–water partition coefficient (Wildman–Crippen LogP) is 3.62. The number of hydrogen-bond acceptors (Lipinski definition) is 4. The first kappa shape index (κ1) is 18.7. The molecule has 1 aliphatic rings. The fraction of sp³-hybridized carbons (Fsp3) is 0.250. The summed E-state index contributed by atoms with van der Waals surface area (Å²) < 4.78 is 1.65. The van der Waals surface area contributed by atoms with Gasteiger partial charge in [-0.3, -0.25) is 9.59 Å². The maximum absolute atomic E-state index is 12.8. The number of carbonyl (C=O) groups excluding carboxylic acids is 2. The Morgan fingerprint density at radius 2 is 2.00 bits per heavy atom. The lowest BCUT2D eigenvalue weighted by Crippen LogP contribution is -2.46. The maximum atomic E-state index is 12.8. The minimum absolute atomic E-state index is 0.0455. The van der Waals surface area contributed by atoms with E-state index in [0.29, 0.717) is 29.2 Å². The molecular formula is C20H19ClN4O2S. The molecule has 0 radical (unpaired) electrons. The lowest BCUT2D eigenvalue weighted by atomic mass is 10.0. The number of nitrogens with one attached hydrogen (secondary N) is 1. The molecule has 1 N–H and O–H groups in total. The van der Waals surface area contributed by atoms with Crippen LogP contribution in [0.25, 0.3) is 5.69 Å². The molecule has 0 bridgehead atoms. The summed E-state index contributed by atoms with van der Waals surface area (Å²) >= 11 is 7.53. The van der Waals surface area contributed by atoms with Crippen LogP contribution in [-0.2, 0) is 0 Å². The highest BCUT2D eigenvalue weighted by Gasteiger charge is 2.25. The van der Waals surface area contributed by atoms with E-state index in [1.165, 1.54) is 11.3 Å². The van der Waals surface area contributed by atoms with Crippen molar-refractivity contribution in [3.63, 3.8) is 0 Å². The molecule has 2 amide bonds. The average molecular weight is 415 g/mol. The summed E-state index contributed by atoms with van der Waals surface area (Å²) in [6.45, 7) is 1.21. The van der Waals surface area contributed by atoms with Gasteiger partial charge in [0.15, 0.2) is 0 Å². The molecule has 3 heterocycles. The molecule has 1 saturated heterocycles. The summed E-state index contributed by atoms with van der Waals surface area (Å²) in [4.78, 5) is 26.8. The number of piperidine rings is 1. The second-order valence-electron chi connectivity index (χ2n) is 6.71. The molecule has 0 spiro atoms. The molecule has 4 rings (SSSR count). The second-order valence-corrected chi connectivity index (χ2v) is 7.92. The van der Waals surface area contributed by atoms with Crippen molar-refractivity contribution in [1.82, 2.24) is 20.0 Å². The molecular weight excluding hydrogens is 396 g/mol. The van der Waals surface area contributed by atoms with Gasteiger partial charge in [0.2, 0.25) is 0 Å². The smallest absolute Gasteiger partial charge is 0.257 e. The van der Waals surface area contributed by atoms with Crippen LogP contribution >= 0.6 is 22.9 Å². The SMILES string of the molecule is O=C(NC1CCN(C(=O)c2cnn(-c3cccc(Cl)c3)c2)CC1)c1ccsc1. The van der Waals surface area contributed by atoms with Gasteiger partial charge < -0.3 is 10.2 Å². The Hall–Kier alpha value is -2.64. The van der Waals surface area contributed by atoms with Crippen LogP contribution in [0.1, 0.15) is 33.6 Å². The Morgan fingerprint density at radius 3 is 2.71 bits per heavy atom. The Labute approximate surface area is 171 Å². The van der Waals surface area contributed by atoms with Crippen molar-refractivity contribution in [3.8, 4) is 5.69 Å². The fourth-order valence-electron chi connectivity index (χ4n) is 3.26. The number of halogens is 1. The van der Waals surface area contributed by atoms with Crippen molar-refractivity contribution in [2.75, 3.05) is 13.1 Å². The van der Waals surface area contributed by atoms with Crippen LogP contribution in [0.15, 0.2) is 53.5 Å². The van der Waals surface area contributed by atoms with Crippen LogP contribution in [0.4, 0.5) is 0 Å². The minimum Gasteiger partial charge on any atom is -0.349 e. The Kier molecular flexibility index (Phi) is 5.45. The molecule has 6 nitrogen and oxygen atoms in total. The van der Waals surface area contributed by atoms with Crippen LogP contribution in [0.3, 0.4) is 0 Å². The maximum Gasteiger partial charge on any atom is 0.257 e. The van der Waals surface area contributed by atoms with Gasteiger partial charge in [-0.1, -0.05) is 17.7 Å². The highest BCUT2D eigenvalue weighted by molar-refractivity contribution is 7.08.